The Balaban J connectivity index is 3.32. The van der Waals surface area contributed by atoms with Gasteiger partial charge in [0.2, 0.25) is 6.29 Å². The zero-order chi connectivity index (χ0) is 19.3. The van der Waals surface area contributed by atoms with Gasteiger partial charge in [0.05, 0.1) is 0 Å². The molecule has 26 heavy (non-hydrogen) atoms. The zero-order valence-corrected chi connectivity index (χ0v) is 17.2. The summed E-state index contributed by atoms with van der Waals surface area (Å²) in [5.74, 6) is -0.257. The third-order valence-corrected chi connectivity index (χ3v) is 4.86. The van der Waals surface area contributed by atoms with E-state index in [-0.39, 0.29) is 5.97 Å². The monoisotopic (exact) mass is 372 g/mol. The Bertz CT molecular complexity index is 294. The summed E-state index contributed by atoms with van der Waals surface area (Å²) in [5.41, 5.74) is 0. The van der Waals surface area contributed by atoms with E-state index in [4.69, 9.17) is 9.84 Å². The van der Waals surface area contributed by atoms with Gasteiger partial charge in [-0.25, -0.2) is 0 Å². The first-order valence-corrected chi connectivity index (χ1v) is 11.2. The Hall–Kier alpha value is -0.610. The summed E-state index contributed by atoms with van der Waals surface area (Å²) in [7, 11) is 0. The van der Waals surface area contributed by atoms with Crippen LogP contribution in [0.15, 0.2) is 0 Å². The molecule has 0 heterocycles. The molecule has 0 radical (unpaired) electrons. The summed E-state index contributed by atoms with van der Waals surface area (Å²) >= 11 is 0. The van der Waals surface area contributed by atoms with Crippen LogP contribution in [-0.2, 0) is 9.53 Å². The average molecular weight is 373 g/mol. The molecule has 1 atom stereocenters. The number of aliphatic hydroxyl groups is 2. The smallest absolute Gasteiger partial charge is 0.308 e. The highest BCUT2D eigenvalue weighted by Gasteiger charge is 2.10. The van der Waals surface area contributed by atoms with Crippen LogP contribution >= 0.6 is 0 Å². The van der Waals surface area contributed by atoms with E-state index in [1.807, 2.05) is 0 Å². The topological polar surface area (TPSA) is 66.8 Å². The molecule has 0 aromatic carbocycles. The molecule has 0 spiro atoms. The van der Waals surface area contributed by atoms with Crippen LogP contribution < -0.4 is 0 Å². The zero-order valence-electron chi connectivity index (χ0n) is 17.2. The maximum absolute atomic E-state index is 11.7. The summed E-state index contributed by atoms with van der Waals surface area (Å²) in [5, 5.41) is 18.5. The van der Waals surface area contributed by atoms with Crippen molar-refractivity contribution in [2.75, 3.05) is 6.61 Å². The van der Waals surface area contributed by atoms with Gasteiger partial charge in [-0.1, -0.05) is 90.4 Å². The third kappa shape index (κ3) is 19.7. The highest BCUT2D eigenvalue weighted by atomic mass is 16.6. The first kappa shape index (κ1) is 25.4. The highest BCUT2D eigenvalue weighted by molar-refractivity contribution is 5.69. The van der Waals surface area contributed by atoms with E-state index in [2.05, 4.69) is 6.92 Å². The van der Waals surface area contributed by atoms with Gasteiger partial charge in [0.15, 0.2) is 0 Å². The van der Waals surface area contributed by atoms with Crippen LogP contribution in [-0.4, -0.2) is 29.1 Å². The molecule has 0 amide bonds. The SMILES string of the molecule is CCCCCCCCCCC(=O)OC(O)CCCCCCCCCCO. The van der Waals surface area contributed by atoms with E-state index in [1.165, 1.54) is 57.8 Å². The number of ether oxygens (including phenoxy) is 1. The van der Waals surface area contributed by atoms with Crippen LogP contribution in [0.1, 0.15) is 122 Å². The number of rotatable bonds is 20. The minimum atomic E-state index is -0.930. The Morgan fingerprint density at radius 2 is 1.19 bits per heavy atom. The van der Waals surface area contributed by atoms with E-state index in [9.17, 15) is 9.90 Å². The number of esters is 1. The van der Waals surface area contributed by atoms with Crippen molar-refractivity contribution >= 4 is 5.97 Å². The first-order chi connectivity index (χ1) is 12.7. The van der Waals surface area contributed by atoms with Gasteiger partial charge in [0, 0.05) is 19.4 Å². The van der Waals surface area contributed by atoms with Crippen molar-refractivity contribution < 1.29 is 19.7 Å². The molecule has 0 aliphatic heterocycles. The van der Waals surface area contributed by atoms with Crippen LogP contribution in [0.3, 0.4) is 0 Å². The van der Waals surface area contributed by atoms with Gasteiger partial charge in [-0.2, -0.15) is 0 Å². The molecule has 0 saturated heterocycles. The van der Waals surface area contributed by atoms with E-state index in [1.54, 1.807) is 0 Å². The molecular formula is C22H44O4. The third-order valence-electron chi connectivity index (χ3n) is 4.86. The van der Waals surface area contributed by atoms with Gasteiger partial charge in [-0.3, -0.25) is 4.79 Å². The number of aliphatic hydroxyl groups excluding tert-OH is 2. The maximum atomic E-state index is 11.7. The highest BCUT2D eigenvalue weighted by Crippen LogP contribution is 2.13. The summed E-state index contributed by atoms with van der Waals surface area (Å²) in [4.78, 5) is 11.7. The predicted molar refractivity (Wildman–Crippen MR) is 108 cm³/mol. The van der Waals surface area contributed by atoms with Crippen molar-refractivity contribution in [2.45, 2.75) is 129 Å². The fraction of sp³-hybridized carbons (Fsp3) is 0.955. The van der Waals surface area contributed by atoms with Gasteiger partial charge < -0.3 is 14.9 Å². The molecule has 0 aromatic rings. The summed E-state index contributed by atoms with van der Waals surface area (Å²) in [6, 6.07) is 0. The van der Waals surface area contributed by atoms with Crippen molar-refractivity contribution in [1.82, 2.24) is 0 Å². The molecule has 1 unspecified atom stereocenters. The molecule has 156 valence electrons. The fourth-order valence-electron chi connectivity index (χ4n) is 3.16. The molecule has 0 rings (SSSR count). The Morgan fingerprint density at radius 3 is 1.73 bits per heavy atom. The van der Waals surface area contributed by atoms with Gasteiger partial charge >= 0.3 is 5.97 Å². The van der Waals surface area contributed by atoms with Crippen LogP contribution in [0, 0.1) is 0 Å². The molecule has 4 heteroatoms. The first-order valence-electron chi connectivity index (χ1n) is 11.2. The van der Waals surface area contributed by atoms with Crippen LogP contribution in [0.4, 0.5) is 0 Å². The van der Waals surface area contributed by atoms with Crippen molar-refractivity contribution in [2.24, 2.45) is 0 Å². The molecule has 0 aromatic heterocycles. The number of hydrogen-bond acceptors (Lipinski definition) is 4. The second kappa shape index (κ2) is 20.7. The lowest BCUT2D eigenvalue weighted by Crippen LogP contribution is -2.17. The van der Waals surface area contributed by atoms with Crippen LogP contribution in [0.25, 0.3) is 0 Å². The quantitative estimate of drug-likeness (QED) is 0.159. The molecule has 2 N–H and O–H groups in total. The lowest BCUT2D eigenvalue weighted by molar-refractivity contribution is -0.168. The van der Waals surface area contributed by atoms with E-state index in [0.717, 1.165) is 44.9 Å². The second-order valence-corrected chi connectivity index (χ2v) is 7.51. The second-order valence-electron chi connectivity index (χ2n) is 7.51. The number of carbonyl (C=O) groups is 1. The number of unbranched alkanes of at least 4 members (excludes halogenated alkanes) is 14. The molecule has 0 saturated carbocycles. The maximum Gasteiger partial charge on any atom is 0.308 e. The number of hydrogen-bond donors (Lipinski definition) is 2. The van der Waals surface area contributed by atoms with Gasteiger partial charge in [-0.05, 0) is 19.3 Å². The van der Waals surface area contributed by atoms with Crippen molar-refractivity contribution in [3.05, 3.63) is 0 Å². The Morgan fingerprint density at radius 1 is 0.731 bits per heavy atom. The van der Waals surface area contributed by atoms with Crippen molar-refractivity contribution in [3.8, 4) is 0 Å². The predicted octanol–water partition coefficient (Wildman–Crippen LogP) is 5.88. The van der Waals surface area contributed by atoms with E-state index < -0.39 is 6.29 Å². The van der Waals surface area contributed by atoms with Gasteiger partial charge in [-0.15, -0.1) is 0 Å². The van der Waals surface area contributed by atoms with E-state index >= 15 is 0 Å². The van der Waals surface area contributed by atoms with Gasteiger partial charge in [0.25, 0.3) is 0 Å². The standard InChI is InChI=1S/C22H44O4/c1-2-3-4-5-6-9-12-15-18-21(24)26-22(25)19-16-13-10-7-8-11-14-17-20-23/h22-23,25H,2-20H2,1H3. The minimum absolute atomic E-state index is 0.257. The summed E-state index contributed by atoms with van der Waals surface area (Å²) < 4.78 is 5.07. The van der Waals surface area contributed by atoms with Crippen LogP contribution in [0.2, 0.25) is 0 Å². The average Bonchev–Trinajstić information content (AvgIpc) is 2.62. The summed E-state index contributed by atoms with van der Waals surface area (Å²) in [6.07, 6.45) is 18.5. The van der Waals surface area contributed by atoms with Crippen molar-refractivity contribution in [3.63, 3.8) is 0 Å². The van der Waals surface area contributed by atoms with Crippen LogP contribution in [0.5, 0.6) is 0 Å². The van der Waals surface area contributed by atoms with Gasteiger partial charge in [0.1, 0.15) is 0 Å². The summed E-state index contributed by atoms with van der Waals surface area (Å²) in [6.45, 7) is 2.53. The molecule has 0 aliphatic rings. The lowest BCUT2D eigenvalue weighted by atomic mass is 10.1. The Kier molecular flexibility index (Phi) is 20.2. The molecule has 0 bridgehead atoms. The molecule has 4 nitrogen and oxygen atoms in total. The minimum Gasteiger partial charge on any atom is -0.436 e. The fourth-order valence-corrected chi connectivity index (χ4v) is 3.16. The van der Waals surface area contributed by atoms with Crippen molar-refractivity contribution in [1.29, 1.82) is 0 Å². The normalized spacial score (nSPS) is 12.3. The van der Waals surface area contributed by atoms with E-state index in [0.29, 0.717) is 19.4 Å². The molecular weight excluding hydrogens is 328 g/mol. The number of carbonyl (C=O) groups excluding carboxylic acids is 1. The largest absolute Gasteiger partial charge is 0.436 e. The molecule has 0 aliphatic carbocycles. The Labute approximate surface area is 161 Å². The molecule has 0 fully saturated rings. The lowest BCUT2D eigenvalue weighted by Gasteiger charge is -2.12.